The Balaban J connectivity index is 1.56. The molecule has 2 aromatic carbocycles. The molecule has 0 aliphatic rings. The lowest BCUT2D eigenvalue weighted by Gasteiger charge is -2.10. The first kappa shape index (κ1) is 19.0. The Morgan fingerprint density at radius 3 is 2.40 bits per heavy atom. The standard InChI is InChI=1S/C20H15FN6O3/c1-27-20(30)14-5-3-2-4-13(14)17(26-27)19(29)25-24-18(28)15-10-22-23-16(15)11-6-8-12(21)9-7-11/h2-10H,1H3,(H,22,23)(H,24,28)(H,25,29). The number of rotatable bonds is 3. The molecule has 4 aromatic rings. The quantitative estimate of drug-likeness (QED) is 0.446. The third-order valence-corrected chi connectivity index (χ3v) is 4.48. The molecule has 150 valence electrons. The second kappa shape index (κ2) is 7.59. The fourth-order valence-electron chi connectivity index (χ4n) is 3.00. The number of hydrazine groups is 1. The van der Waals surface area contributed by atoms with Gasteiger partial charge < -0.3 is 0 Å². The molecule has 9 nitrogen and oxygen atoms in total. The number of aromatic amines is 1. The number of benzene rings is 2. The highest BCUT2D eigenvalue weighted by molar-refractivity contribution is 6.06. The van der Waals surface area contributed by atoms with Crippen molar-refractivity contribution in [3.8, 4) is 11.3 Å². The van der Waals surface area contributed by atoms with E-state index in [2.05, 4.69) is 26.1 Å². The van der Waals surface area contributed by atoms with E-state index in [1.165, 1.54) is 37.5 Å². The molecule has 0 fully saturated rings. The fraction of sp³-hybridized carbons (Fsp3) is 0.0500. The molecular weight excluding hydrogens is 391 g/mol. The predicted octanol–water partition coefficient (Wildman–Crippen LogP) is 1.54. The number of amides is 2. The highest BCUT2D eigenvalue weighted by atomic mass is 19.1. The lowest BCUT2D eigenvalue weighted by molar-refractivity contribution is 0.0844. The Labute approximate surface area is 168 Å². The lowest BCUT2D eigenvalue weighted by Crippen LogP contribution is -2.42. The van der Waals surface area contributed by atoms with E-state index in [4.69, 9.17) is 0 Å². The van der Waals surface area contributed by atoms with Crippen LogP contribution >= 0.6 is 0 Å². The maximum Gasteiger partial charge on any atom is 0.290 e. The molecule has 0 aliphatic carbocycles. The van der Waals surface area contributed by atoms with Crippen LogP contribution in [0.2, 0.25) is 0 Å². The molecule has 0 saturated carbocycles. The number of carbonyl (C=O) groups excluding carboxylic acids is 2. The molecule has 0 atom stereocenters. The Bertz CT molecular complexity index is 1330. The Kier molecular flexibility index (Phi) is 4.80. The summed E-state index contributed by atoms with van der Waals surface area (Å²) in [6.07, 6.45) is 1.29. The van der Waals surface area contributed by atoms with Crippen LogP contribution in [0.1, 0.15) is 20.8 Å². The molecule has 0 saturated heterocycles. The van der Waals surface area contributed by atoms with Gasteiger partial charge in [-0.25, -0.2) is 9.07 Å². The van der Waals surface area contributed by atoms with Crippen LogP contribution in [0.4, 0.5) is 4.39 Å². The lowest BCUT2D eigenvalue weighted by atomic mass is 10.1. The second-order valence-corrected chi connectivity index (χ2v) is 6.40. The van der Waals surface area contributed by atoms with Gasteiger partial charge in [-0.15, -0.1) is 0 Å². The molecule has 0 spiro atoms. The topological polar surface area (TPSA) is 122 Å². The van der Waals surface area contributed by atoms with Crippen molar-refractivity contribution in [3.63, 3.8) is 0 Å². The van der Waals surface area contributed by atoms with E-state index in [1.54, 1.807) is 24.3 Å². The van der Waals surface area contributed by atoms with Crippen molar-refractivity contribution in [2.75, 3.05) is 0 Å². The summed E-state index contributed by atoms with van der Waals surface area (Å²) in [7, 11) is 1.44. The molecule has 0 aliphatic heterocycles. The number of fused-ring (bicyclic) bond motifs is 1. The van der Waals surface area contributed by atoms with E-state index >= 15 is 0 Å². The summed E-state index contributed by atoms with van der Waals surface area (Å²) >= 11 is 0. The first-order valence-electron chi connectivity index (χ1n) is 8.81. The van der Waals surface area contributed by atoms with E-state index in [-0.39, 0.29) is 16.8 Å². The largest absolute Gasteiger partial charge is 0.290 e. The first-order chi connectivity index (χ1) is 14.5. The highest BCUT2D eigenvalue weighted by Gasteiger charge is 2.19. The van der Waals surface area contributed by atoms with Gasteiger partial charge in [0.05, 0.1) is 22.8 Å². The van der Waals surface area contributed by atoms with Crippen molar-refractivity contribution < 1.29 is 14.0 Å². The third-order valence-electron chi connectivity index (χ3n) is 4.48. The second-order valence-electron chi connectivity index (χ2n) is 6.40. The van der Waals surface area contributed by atoms with Crippen LogP contribution in [-0.2, 0) is 7.05 Å². The van der Waals surface area contributed by atoms with Gasteiger partial charge in [-0.2, -0.15) is 10.2 Å². The van der Waals surface area contributed by atoms with Crippen LogP contribution in [0.15, 0.2) is 59.5 Å². The highest BCUT2D eigenvalue weighted by Crippen LogP contribution is 2.21. The molecule has 4 rings (SSSR count). The number of halogens is 1. The van der Waals surface area contributed by atoms with E-state index < -0.39 is 17.6 Å². The Morgan fingerprint density at radius 2 is 1.67 bits per heavy atom. The van der Waals surface area contributed by atoms with Gasteiger partial charge >= 0.3 is 0 Å². The number of aromatic nitrogens is 4. The number of aryl methyl sites for hydroxylation is 1. The molecule has 0 unspecified atom stereocenters. The fourth-order valence-corrected chi connectivity index (χ4v) is 3.00. The molecule has 0 radical (unpaired) electrons. The van der Waals surface area contributed by atoms with Crippen LogP contribution in [0, 0.1) is 5.82 Å². The Hall–Kier alpha value is -4.34. The SMILES string of the molecule is Cn1nc(C(=O)NNC(=O)c2cn[nH]c2-c2ccc(F)cc2)c2ccccc2c1=O. The monoisotopic (exact) mass is 406 g/mol. The predicted molar refractivity (Wildman–Crippen MR) is 106 cm³/mol. The third kappa shape index (κ3) is 3.41. The van der Waals surface area contributed by atoms with E-state index in [0.717, 1.165) is 4.68 Å². The maximum atomic E-state index is 13.1. The summed E-state index contributed by atoms with van der Waals surface area (Å²) in [5.74, 6) is -1.74. The van der Waals surface area contributed by atoms with Crippen LogP contribution in [0.3, 0.4) is 0 Å². The van der Waals surface area contributed by atoms with Crippen molar-refractivity contribution in [3.05, 3.63) is 82.2 Å². The van der Waals surface area contributed by atoms with Gasteiger partial charge in [-0.3, -0.25) is 30.3 Å². The van der Waals surface area contributed by atoms with Crippen molar-refractivity contribution in [2.24, 2.45) is 7.05 Å². The van der Waals surface area contributed by atoms with Gasteiger partial charge in [-0.05, 0) is 30.3 Å². The summed E-state index contributed by atoms with van der Waals surface area (Å²) in [5.41, 5.74) is 5.32. The number of hydrogen-bond donors (Lipinski definition) is 3. The molecule has 2 heterocycles. The van der Waals surface area contributed by atoms with Gasteiger partial charge in [0.2, 0.25) is 0 Å². The smallest absolute Gasteiger partial charge is 0.277 e. The average Bonchev–Trinajstić information content (AvgIpc) is 3.25. The molecule has 2 amide bonds. The molecule has 3 N–H and O–H groups in total. The molecule has 30 heavy (non-hydrogen) atoms. The summed E-state index contributed by atoms with van der Waals surface area (Å²) in [4.78, 5) is 37.4. The van der Waals surface area contributed by atoms with Gasteiger partial charge in [-0.1, -0.05) is 18.2 Å². The van der Waals surface area contributed by atoms with Crippen LogP contribution < -0.4 is 16.4 Å². The first-order valence-corrected chi connectivity index (χ1v) is 8.81. The molecule has 2 aromatic heterocycles. The van der Waals surface area contributed by atoms with Gasteiger partial charge in [0.15, 0.2) is 5.69 Å². The summed E-state index contributed by atoms with van der Waals surface area (Å²) in [6, 6.07) is 12.1. The molecular formula is C20H15FN6O3. The van der Waals surface area contributed by atoms with E-state index in [9.17, 15) is 18.8 Å². The van der Waals surface area contributed by atoms with Crippen molar-refractivity contribution in [2.45, 2.75) is 0 Å². The summed E-state index contributed by atoms with van der Waals surface area (Å²) in [6.45, 7) is 0. The number of carbonyl (C=O) groups is 2. The summed E-state index contributed by atoms with van der Waals surface area (Å²) < 4.78 is 14.2. The summed E-state index contributed by atoms with van der Waals surface area (Å²) in [5, 5.41) is 11.2. The van der Waals surface area contributed by atoms with Crippen LogP contribution in [0.25, 0.3) is 22.0 Å². The van der Waals surface area contributed by atoms with Gasteiger partial charge in [0, 0.05) is 18.0 Å². The number of nitrogens with one attached hydrogen (secondary N) is 3. The van der Waals surface area contributed by atoms with Crippen molar-refractivity contribution in [1.82, 2.24) is 30.8 Å². The normalized spacial score (nSPS) is 10.7. The minimum absolute atomic E-state index is 0.0149. The number of nitrogens with zero attached hydrogens (tertiary/aromatic N) is 3. The molecule has 10 heteroatoms. The number of hydrogen-bond acceptors (Lipinski definition) is 5. The number of H-pyrrole nitrogens is 1. The Morgan fingerprint density at radius 1 is 1.00 bits per heavy atom. The van der Waals surface area contributed by atoms with Gasteiger partial charge in [0.1, 0.15) is 5.82 Å². The minimum atomic E-state index is -0.693. The van der Waals surface area contributed by atoms with Crippen molar-refractivity contribution >= 4 is 22.6 Å². The zero-order valence-corrected chi connectivity index (χ0v) is 15.6. The zero-order chi connectivity index (χ0) is 21.3. The van der Waals surface area contributed by atoms with Crippen LogP contribution in [0.5, 0.6) is 0 Å². The maximum absolute atomic E-state index is 13.1. The average molecular weight is 406 g/mol. The zero-order valence-electron chi connectivity index (χ0n) is 15.6. The van der Waals surface area contributed by atoms with Crippen LogP contribution in [-0.4, -0.2) is 31.8 Å². The van der Waals surface area contributed by atoms with Crippen molar-refractivity contribution in [1.29, 1.82) is 0 Å². The van der Waals surface area contributed by atoms with Gasteiger partial charge in [0.25, 0.3) is 17.4 Å². The molecule has 0 bridgehead atoms. The van der Waals surface area contributed by atoms with E-state index in [1.807, 2.05) is 0 Å². The van der Waals surface area contributed by atoms with E-state index in [0.29, 0.717) is 22.0 Å². The minimum Gasteiger partial charge on any atom is -0.277 e.